The molecule has 4 rings (SSSR count). The number of nitrogens with zero attached hydrogens (tertiary/aromatic N) is 1. The monoisotopic (exact) mass is 324 g/mol. The van der Waals surface area contributed by atoms with E-state index < -0.39 is 0 Å². The number of hydrogen-bond acceptors (Lipinski definition) is 4. The van der Waals surface area contributed by atoms with E-state index in [-0.39, 0.29) is 17.3 Å². The number of hydrogen-bond donors (Lipinski definition) is 1. The molecule has 0 fully saturated rings. The van der Waals surface area contributed by atoms with E-state index in [9.17, 15) is 9.18 Å². The first-order chi connectivity index (χ1) is 11.7. The molecule has 0 bridgehead atoms. The molecule has 1 aliphatic rings. The summed E-state index contributed by atoms with van der Waals surface area (Å²) in [6.45, 7) is 0. The molecule has 0 saturated heterocycles. The van der Waals surface area contributed by atoms with Crippen LogP contribution < -0.4 is 15.0 Å². The maximum atomic E-state index is 13.1. The van der Waals surface area contributed by atoms with Crippen molar-refractivity contribution < 1.29 is 13.9 Å². The van der Waals surface area contributed by atoms with Crippen LogP contribution in [0.15, 0.2) is 47.3 Å². The number of aromatic nitrogens is 2. The first kappa shape index (κ1) is 14.4. The summed E-state index contributed by atoms with van der Waals surface area (Å²) >= 11 is 0. The van der Waals surface area contributed by atoms with Crippen molar-refractivity contribution >= 4 is 0 Å². The number of nitrogens with one attached hydrogen (secondary N) is 1. The molecule has 24 heavy (non-hydrogen) atoms. The summed E-state index contributed by atoms with van der Waals surface area (Å²) in [5, 5.41) is 0. The maximum Gasteiger partial charge on any atom is 0.258 e. The SMILES string of the molecule is COc1cccc2c1Oc1nc(-c3ccc(F)cc3)[nH]c(=O)c1C2. The van der Waals surface area contributed by atoms with E-state index in [4.69, 9.17) is 9.47 Å². The highest BCUT2D eigenvalue weighted by Gasteiger charge is 2.24. The summed E-state index contributed by atoms with van der Waals surface area (Å²) in [6.07, 6.45) is 0.411. The van der Waals surface area contributed by atoms with Gasteiger partial charge in [-0.25, -0.2) is 4.39 Å². The number of methoxy groups -OCH3 is 1. The zero-order valence-electron chi connectivity index (χ0n) is 12.8. The van der Waals surface area contributed by atoms with Crippen LogP contribution in [0.2, 0.25) is 0 Å². The van der Waals surface area contributed by atoms with Crippen LogP contribution in [0.4, 0.5) is 4.39 Å². The minimum Gasteiger partial charge on any atom is -0.493 e. The Morgan fingerprint density at radius 3 is 2.75 bits per heavy atom. The highest BCUT2D eigenvalue weighted by atomic mass is 19.1. The van der Waals surface area contributed by atoms with Crippen LogP contribution in [0.5, 0.6) is 17.4 Å². The van der Waals surface area contributed by atoms with Crippen molar-refractivity contribution in [3.63, 3.8) is 0 Å². The largest absolute Gasteiger partial charge is 0.493 e. The molecule has 1 N–H and O–H groups in total. The standard InChI is InChI=1S/C18H13FN2O3/c1-23-14-4-2-3-11-9-13-17(22)20-16(21-18(13)24-15(11)14)10-5-7-12(19)8-6-10/h2-8H,9H2,1H3,(H,20,21,22). The van der Waals surface area contributed by atoms with Gasteiger partial charge in [0.2, 0.25) is 5.88 Å². The van der Waals surface area contributed by atoms with Gasteiger partial charge >= 0.3 is 0 Å². The summed E-state index contributed by atoms with van der Waals surface area (Å²) in [5.41, 5.74) is 1.66. The zero-order chi connectivity index (χ0) is 16.7. The van der Waals surface area contributed by atoms with Crippen molar-refractivity contribution in [1.29, 1.82) is 0 Å². The summed E-state index contributed by atoms with van der Waals surface area (Å²) in [7, 11) is 1.56. The van der Waals surface area contributed by atoms with Crippen LogP contribution in [-0.4, -0.2) is 17.1 Å². The van der Waals surface area contributed by atoms with Gasteiger partial charge < -0.3 is 14.5 Å². The van der Waals surface area contributed by atoms with E-state index in [0.717, 1.165) is 5.56 Å². The smallest absolute Gasteiger partial charge is 0.258 e. The molecule has 1 aromatic heterocycles. The first-order valence-electron chi connectivity index (χ1n) is 7.38. The molecule has 5 nitrogen and oxygen atoms in total. The van der Waals surface area contributed by atoms with Crippen LogP contribution in [0.25, 0.3) is 11.4 Å². The van der Waals surface area contributed by atoms with Crippen LogP contribution in [-0.2, 0) is 6.42 Å². The van der Waals surface area contributed by atoms with Crippen molar-refractivity contribution in [3.05, 3.63) is 69.8 Å². The number of fused-ring (bicyclic) bond motifs is 2. The van der Waals surface area contributed by atoms with Crippen molar-refractivity contribution in [2.45, 2.75) is 6.42 Å². The van der Waals surface area contributed by atoms with Gasteiger partial charge in [0.05, 0.1) is 12.7 Å². The van der Waals surface area contributed by atoms with Gasteiger partial charge in [-0.15, -0.1) is 0 Å². The molecule has 0 radical (unpaired) electrons. The molecule has 120 valence electrons. The average Bonchev–Trinajstić information content (AvgIpc) is 2.60. The molecule has 1 aliphatic heterocycles. The summed E-state index contributed by atoms with van der Waals surface area (Å²) in [6, 6.07) is 11.3. The van der Waals surface area contributed by atoms with Gasteiger partial charge in [-0.2, -0.15) is 4.98 Å². The Morgan fingerprint density at radius 2 is 2.00 bits per heavy atom. The molecular weight excluding hydrogens is 311 g/mol. The zero-order valence-corrected chi connectivity index (χ0v) is 12.8. The van der Waals surface area contributed by atoms with Gasteiger partial charge in [-0.05, 0) is 30.3 Å². The quantitative estimate of drug-likeness (QED) is 0.614. The molecule has 0 atom stereocenters. The molecule has 0 saturated carbocycles. The molecule has 0 amide bonds. The van der Waals surface area contributed by atoms with E-state index in [1.54, 1.807) is 25.3 Å². The topological polar surface area (TPSA) is 64.2 Å². The lowest BCUT2D eigenvalue weighted by molar-refractivity contribution is 0.365. The predicted molar refractivity (Wildman–Crippen MR) is 86.1 cm³/mol. The lowest BCUT2D eigenvalue weighted by atomic mass is 10.0. The van der Waals surface area contributed by atoms with Crippen molar-refractivity contribution in [2.24, 2.45) is 0 Å². The Bertz CT molecular complexity index is 981. The Kier molecular flexibility index (Phi) is 3.30. The van der Waals surface area contributed by atoms with E-state index in [1.807, 2.05) is 12.1 Å². The Labute approximate surface area is 136 Å². The highest BCUT2D eigenvalue weighted by molar-refractivity contribution is 5.58. The molecule has 3 aromatic rings. The summed E-state index contributed by atoms with van der Waals surface area (Å²) in [5.74, 6) is 1.38. The third-order valence-electron chi connectivity index (χ3n) is 3.94. The maximum absolute atomic E-state index is 13.1. The van der Waals surface area contributed by atoms with Crippen molar-refractivity contribution in [1.82, 2.24) is 9.97 Å². The number of ether oxygens (including phenoxy) is 2. The third kappa shape index (κ3) is 2.32. The Hall–Kier alpha value is -3.15. The number of para-hydroxylation sites is 1. The molecule has 0 aliphatic carbocycles. The molecule has 0 spiro atoms. The first-order valence-corrected chi connectivity index (χ1v) is 7.38. The second-order valence-electron chi connectivity index (χ2n) is 5.43. The summed E-state index contributed by atoms with van der Waals surface area (Å²) < 4.78 is 24.2. The molecule has 2 heterocycles. The second kappa shape index (κ2) is 5.49. The number of halogens is 1. The molecular formula is C18H13FN2O3. The van der Waals surface area contributed by atoms with Gasteiger partial charge in [0, 0.05) is 17.5 Å². The Morgan fingerprint density at radius 1 is 1.21 bits per heavy atom. The normalized spacial score (nSPS) is 12.1. The van der Waals surface area contributed by atoms with Crippen LogP contribution >= 0.6 is 0 Å². The predicted octanol–water partition coefficient (Wildman–Crippen LogP) is 3.28. The third-order valence-corrected chi connectivity index (χ3v) is 3.94. The fourth-order valence-corrected chi connectivity index (χ4v) is 2.73. The molecule has 6 heteroatoms. The van der Waals surface area contributed by atoms with Gasteiger partial charge in [0.25, 0.3) is 5.56 Å². The Balaban J connectivity index is 1.82. The fourth-order valence-electron chi connectivity index (χ4n) is 2.73. The van der Waals surface area contributed by atoms with Crippen molar-refractivity contribution in [3.8, 4) is 28.8 Å². The van der Waals surface area contributed by atoms with Gasteiger partial charge in [-0.3, -0.25) is 4.79 Å². The average molecular weight is 324 g/mol. The summed E-state index contributed by atoms with van der Waals surface area (Å²) in [4.78, 5) is 19.5. The number of aromatic amines is 1. The lowest BCUT2D eigenvalue weighted by Crippen LogP contribution is -2.20. The van der Waals surface area contributed by atoms with Gasteiger partial charge in [-0.1, -0.05) is 12.1 Å². The van der Waals surface area contributed by atoms with Gasteiger partial charge in [0.15, 0.2) is 11.5 Å². The lowest BCUT2D eigenvalue weighted by Gasteiger charge is -2.20. The van der Waals surface area contributed by atoms with Crippen LogP contribution in [0, 0.1) is 5.82 Å². The number of rotatable bonds is 2. The minimum absolute atomic E-state index is 0.245. The molecule has 2 aromatic carbocycles. The number of H-pyrrole nitrogens is 1. The van der Waals surface area contributed by atoms with Crippen LogP contribution in [0.3, 0.4) is 0 Å². The fraction of sp³-hybridized carbons (Fsp3) is 0.111. The molecule has 0 unspecified atom stereocenters. The highest BCUT2D eigenvalue weighted by Crippen LogP contribution is 2.40. The second-order valence-corrected chi connectivity index (χ2v) is 5.43. The van der Waals surface area contributed by atoms with Crippen LogP contribution in [0.1, 0.15) is 11.1 Å². The van der Waals surface area contributed by atoms with E-state index in [1.165, 1.54) is 12.1 Å². The van der Waals surface area contributed by atoms with E-state index >= 15 is 0 Å². The van der Waals surface area contributed by atoms with Gasteiger partial charge in [0.1, 0.15) is 11.6 Å². The minimum atomic E-state index is -0.353. The van der Waals surface area contributed by atoms with Crippen molar-refractivity contribution in [2.75, 3.05) is 7.11 Å². The van der Waals surface area contributed by atoms with E-state index in [2.05, 4.69) is 9.97 Å². The van der Waals surface area contributed by atoms with E-state index in [0.29, 0.717) is 34.9 Å². The number of benzene rings is 2.